The predicted octanol–water partition coefficient (Wildman–Crippen LogP) is 14.3. The number of nitrogens with zero attached hydrogens (tertiary/aromatic N) is 3. The maximum atomic E-state index is 6.42. The van der Waals surface area contributed by atoms with Crippen molar-refractivity contribution in [2.75, 3.05) is 0 Å². The fourth-order valence-corrected chi connectivity index (χ4v) is 9.66. The zero-order valence-corrected chi connectivity index (χ0v) is 30.7. The van der Waals surface area contributed by atoms with Crippen LogP contribution in [0.2, 0.25) is 0 Å². The van der Waals surface area contributed by atoms with E-state index in [1.165, 1.54) is 52.5 Å². The molecule has 260 valence electrons. The summed E-state index contributed by atoms with van der Waals surface area (Å²) >= 11 is 1.78. The van der Waals surface area contributed by atoms with Gasteiger partial charge in [0.15, 0.2) is 17.5 Å². The standard InChI is InChI=1S/C51H29N3OS/c1-2-11-30(12-3-1)49-52-50(54-51(53-49)41-19-10-18-40-39-17-8-9-20-47(39)56-48(40)41)33-23-26-46-44(29-33)43-28-32(22-25-45(43)55-46)31-21-24-38-36-15-5-4-13-34(36)35-14-6-7-16-37(35)42(38)27-31/h1-29H. The van der Waals surface area contributed by atoms with Gasteiger partial charge in [0.2, 0.25) is 0 Å². The van der Waals surface area contributed by atoms with Crippen molar-refractivity contribution in [3.8, 4) is 45.3 Å². The number of hydrogen-bond donors (Lipinski definition) is 0. The molecule has 5 heteroatoms. The molecular weight excluding hydrogens is 703 g/mol. The second-order valence-electron chi connectivity index (χ2n) is 14.3. The summed E-state index contributed by atoms with van der Waals surface area (Å²) in [6.07, 6.45) is 0. The molecule has 0 bridgehead atoms. The van der Waals surface area contributed by atoms with Gasteiger partial charge in [-0.25, -0.2) is 15.0 Å². The van der Waals surface area contributed by atoms with Gasteiger partial charge in [0.25, 0.3) is 0 Å². The molecule has 0 spiro atoms. The van der Waals surface area contributed by atoms with Gasteiger partial charge in [-0.1, -0.05) is 127 Å². The third-order valence-electron chi connectivity index (χ3n) is 11.1. The van der Waals surface area contributed by atoms with E-state index >= 15 is 0 Å². The highest BCUT2D eigenvalue weighted by Crippen LogP contribution is 2.41. The predicted molar refractivity (Wildman–Crippen MR) is 234 cm³/mol. The van der Waals surface area contributed by atoms with Gasteiger partial charge < -0.3 is 4.42 Å². The molecule has 0 radical (unpaired) electrons. The fraction of sp³-hybridized carbons (Fsp3) is 0. The van der Waals surface area contributed by atoms with Crippen molar-refractivity contribution >= 4 is 85.8 Å². The van der Waals surface area contributed by atoms with Crippen LogP contribution in [-0.2, 0) is 0 Å². The molecule has 0 saturated carbocycles. The first-order valence-corrected chi connectivity index (χ1v) is 19.6. The number of furan rings is 1. The summed E-state index contributed by atoms with van der Waals surface area (Å²) in [5, 5.41) is 12.1. The first kappa shape index (κ1) is 31.2. The minimum absolute atomic E-state index is 0.619. The van der Waals surface area contributed by atoms with Gasteiger partial charge in [-0.2, -0.15) is 0 Å². The van der Waals surface area contributed by atoms with Crippen LogP contribution in [0.1, 0.15) is 0 Å². The van der Waals surface area contributed by atoms with E-state index in [4.69, 9.17) is 19.4 Å². The first-order chi connectivity index (χ1) is 27.7. The molecule has 0 unspecified atom stereocenters. The Labute approximate surface area is 325 Å². The summed E-state index contributed by atoms with van der Waals surface area (Å²) in [5.74, 6) is 1.91. The molecule has 0 atom stereocenters. The van der Waals surface area contributed by atoms with Crippen molar-refractivity contribution in [3.05, 3.63) is 176 Å². The topological polar surface area (TPSA) is 51.8 Å². The van der Waals surface area contributed by atoms with Crippen LogP contribution in [0.15, 0.2) is 180 Å². The molecule has 4 nitrogen and oxygen atoms in total. The number of thiophene rings is 1. The Kier molecular flexibility index (Phi) is 6.76. The van der Waals surface area contributed by atoms with Crippen molar-refractivity contribution in [2.45, 2.75) is 0 Å². The Hall–Kier alpha value is -7.21. The van der Waals surface area contributed by atoms with E-state index in [1.807, 2.05) is 24.3 Å². The summed E-state index contributed by atoms with van der Waals surface area (Å²) in [4.78, 5) is 15.4. The van der Waals surface area contributed by atoms with E-state index in [9.17, 15) is 0 Å². The van der Waals surface area contributed by atoms with Crippen LogP contribution < -0.4 is 0 Å². The van der Waals surface area contributed by atoms with Crippen LogP contribution in [0.3, 0.4) is 0 Å². The van der Waals surface area contributed by atoms with E-state index < -0.39 is 0 Å². The normalized spacial score (nSPS) is 11.9. The molecule has 12 aromatic rings. The maximum absolute atomic E-state index is 6.42. The molecule has 0 N–H and O–H groups in total. The molecule has 9 aromatic carbocycles. The third-order valence-corrected chi connectivity index (χ3v) is 12.3. The van der Waals surface area contributed by atoms with Crippen molar-refractivity contribution in [1.29, 1.82) is 0 Å². The lowest BCUT2D eigenvalue weighted by Crippen LogP contribution is -2.00. The highest BCUT2D eigenvalue weighted by atomic mass is 32.1. The lowest BCUT2D eigenvalue weighted by Gasteiger charge is -2.12. The number of fused-ring (bicyclic) bond motifs is 12. The average molecular weight is 732 g/mol. The van der Waals surface area contributed by atoms with Crippen LogP contribution in [-0.4, -0.2) is 15.0 Å². The van der Waals surface area contributed by atoms with Gasteiger partial charge in [-0.15, -0.1) is 11.3 Å². The first-order valence-electron chi connectivity index (χ1n) is 18.8. The Balaban J connectivity index is 1.02. The van der Waals surface area contributed by atoms with Gasteiger partial charge in [0.1, 0.15) is 11.2 Å². The van der Waals surface area contributed by atoms with Crippen molar-refractivity contribution in [3.63, 3.8) is 0 Å². The lowest BCUT2D eigenvalue weighted by molar-refractivity contribution is 0.669. The van der Waals surface area contributed by atoms with E-state index in [-0.39, 0.29) is 0 Å². The van der Waals surface area contributed by atoms with Crippen molar-refractivity contribution in [2.24, 2.45) is 0 Å². The largest absolute Gasteiger partial charge is 0.456 e. The minimum atomic E-state index is 0.619. The highest BCUT2D eigenvalue weighted by molar-refractivity contribution is 7.26. The highest BCUT2D eigenvalue weighted by Gasteiger charge is 2.18. The van der Waals surface area contributed by atoms with Gasteiger partial charge in [0, 0.05) is 47.6 Å². The summed E-state index contributed by atoms with van der Waals surface area (Å²) < 4.78 is 8.84. The average Bonchev–Trinajstić information content (AvgIpc) is 3.84. The van der Waals surface area contributed by atoms with Gasteiger partial charge in [0.05, 0.1) is 0 Å². The van der Waals surface area contributed by atoms with E-state index in [1.54, 1.807) is 11.3 Å². The quantitative estimate of drug-likeness (QED) is 0.169. The molecule has 56 heavy (non-hydrogen) atoms. The van der Waals surface area contributed by atoms with Crippen LogP contribution in [0, 0.1) is 0 Å². The van der Waals surface area contributed by atoms with Gasteiger partial charge in [-0.05, 0) is 92.0 Å². The second kappa shape index (κ2) is 12.2. The Morgan fingerprint density at radius 1 is 0.321 bits per heavy atom. The van der Waals surface area contributed by atoms with Gasteiger partial charge in [-0.3, -0.25) is 0 Å². The summed E-state index contributed by atoms with van der Waals surface area (Å²) in [5.41, 5.74) is 6.81. The molecule has 3 heterocycles. The molecule has 12 rings (SSSR count). The van der Waals surface area contributed by atoms with Crippen LogP contribution in [0.4, 0.5) is 0 Å². The lowest BCUT2D eigenvalue weighted by atomic mass is 9.92. The number of rotatable bonds is 4. The Morgan fingerprint density at radius 3 is 1.54 bits per heavy atom. The molecule has 0 aliphatic rings. The molecule has 0 aliphatic carbocycles. The van der Waals surface area contributed by atoms with E-state index in [0.717, 1.165) is 49.8 Å². The minimum Gasteiger partial charge on any atom is -0.456 e. The molecule has 0 amide bonds. The van der Waals surface area contributed by atoms with Crippen molar-refractivity contribution < 1.29 is 4.42 Å². The monoisotopic (exact) mass is 731 g/mol. The van der Waals surface area contributed by atoms with Crippen molar-refractivity contribution in [1.82, 2.24) is 15.0 Å². The SMILES string of the molecule is c1ccc(-c2nc(-c3ccc4oc5ccc(-c6ccc7c8ccccc8c8ccccc8c7c6)cc5c4c3)nc(-c3cccc4c3sc3ccccc34)n2)cc1. The van der Waals surface area contributed by atoms with Crippen LogP contribution in [0.5, 0.6) is 0 Å². The Morgan fingerprint density at radius 2 is 0.821 bits per heavy atom. The van der Waals surface area contributed by atoms with E-state index in [2.05, 4.69) is 152 Å². The zero-order valence-electron chi connectivity index (χ0n) is 29.9. The molecule has 0 fully saturated rings. The molecular formula is C51H29N3OS. The second-order valence-corrected chi connectivity index (χ2v) is 15.4. The molecule has 0 aliphatic heterocycles. The number of hydrogen-bond acceptors (Lipinski definition) is 5. The fourth-order valence-electron chi connectivity index (χ4n) is 8.45. The molecule has 3 aromatic heterocycles. The van der Waals surface area contributed by atoms with Gasteiger partial charge >= 0.3 is 0 Å². The summed E-state index contributed by atoms with van der Waals surface area (Å²) in [6, 6.07) is 62.2. The summed E-state index contributed by atoms with van der Waals surface area (Å²) in [7, 11) is 0. The smallest absolute Gasteiger partial charge is 0.165 e. The zero-order chi connectivity index (χ0) is 36.7. The molecule has 0 saturated heterocycles. The number of benzene rings is 9. The summed E-state index contributed by atoms with van der Waals surface area (Å²) in [6.45, 7) is 0. The van der Waals surface area contributed by atoms with Crippen LogP contribution >= 0.6 is 11.3 Å². The van der Waals surface area contributed by atoms with Crippen LogP contribution in [0.25, 0.3) is 120 Å². The third kappa shape index (κ3) is 4.81. The number of aromatic nitrogens is 3. The Bertz CT molecular complexity index is 3510. The maximum Gasteiger partial charge on any atom is 0.165 e. The van der Waals surface area contributed by atoms with E-state index in [0.29, 0.717) is 17.5 Å².